The van der Waals surface area contributed by atoms with E-state index in [1.165, 1.54) is 5.56 Å². The van der Waals surface area contributed by atoms with Crippen LogP contribution >= 0.6 is 0 Å². The summed E-state index contributed by atoms with van der Waals surface area (Å²) < 4.78 is 0. The quantitative estimate of drug-likeness (QED) is 0.457. The third-order valence-electron chi connectivity index (χ3n) is 1.83. The van der Waals surface area contributed by atoms with Gasteiger partial charge in [-0.25, -0.2) is 0 Å². The summed E-state index contributed by atoms with van der Waals surface area (Å²) in [4.78, 5) is 0. The highest BCUT2D eigenvalue weighted by atomic mass is 28.3. The normalized spacial score (nSPS) is 10.1. The first-order chi connectivity index (χ1) is 6.90. The molecule has 0 amide bonds. The lowest BCUT2D eigenvalue weighted by Gasteiger charge is -2.04. The number of benzene rings is 1. The van der Waals surface area contributed by atoms with Crippen molar-refractivity contribution in [2.75, 3.05) is 0 Å². The molecule has 1 heteroatoms. The van der Waals surface area contributed by atoms with Crippen LogP contribution in [0, 0.1) is 30.7 Å². The Hall–Kier alpha value is -1.44. The van der Waals surface area contributed by atoms with Crippen LogP contribution in [0.4, 0.5) is 0 Å². The Morgan fingerprint density at radius 2 is 1.67 bits per heavy atom. The van der Waals surface area contributed by atoms with Crippen LogP contribution in [-0.2, 0) is 0 Å². The van der Waals surface area contributed by atoms with E-state index in [1.54, 1.807) is 0 Å². The zero-order valence-corrected chi connectivity index (χ0v) is 10.8. The topological polar surface area (TPSA) is 0 Å². The first kappa shape index (κ1) is 11.6. The van der Waals surface area contributed by atoms with Gasteiger partial charge in [0.1, 0.15) is 8.07 Å². The van der Waals surface area contributed by atoms with Gasteiger partial charge in [-0.1, -0.05) is 31.5 Å². The number of hydrogen-bond donors (Lipinski definition) is 0. The smallest absolute Gasteiger partial charge is 0.127 e. The van der Waals surface area contributed by atoms with Gasteiger partial charge >= 0.3 is 0 Å². The van der Waals surface area contributed by atoms with Crippen LogP contribution in [0.25, 0.3) is 0 Å². The molecule has 0 aliphatic heterocycles. The summed E-state index contributed by atoms with van der Waals surface area (Å²) in [6, 6.07) is 6.05. The largest absolute Gasteiger partial charge is 0.129 e. The average Bonchev–Trinajstić information content (AvgIpc) is 2.13. The molecule has 0 radical (unpaired) electrons. The maximum atomic E-state index is 5.38. The fraction of sp³-hybridized carbons (Fsp3) is 0.286. The van der Waals surface area contributed by atoms with Crippen molar-refractivity contribution in [2.45, 2.75) is 26.6 Å². The van der Waals surface area contributed by atoms with Gasteiger partial charge in [0.2, 0.25) is 0 Å². The first-order valence-corrected chi connectivity index (χ1v) is 8.52. The molecule has 0 saturated carbocycles. The van der Waals surface area contributed by atoms with Crippen LogP contribution in [0.3, 0.4) is 0 Å². The Labute approximate surface area is 93.7 Å². The SMILES string of the molecule is C#Cc1cc(C)cc(C#C[Si](C)(C)C)c1. The third kappa shape index (κ3) is 4.06. The van der Waals surface area contributed by atoms with Crippen LogP contribution < -0.4 is 0 Å². The lowest BCUT2D eigenvalue weighted by molar-refractivity contribution is 1.44. The molecular weight excluding hydrogens is 196 g/mol. The highest BCUT2D eigenvalue weighted by Crippen LogP contribution is 2.08. The molecule has 0 aromatic heterocycles. The summed E-state index contributed by atoms with van der Waals surface area (Å²) in [6.07, 6.45) is 5.38. The van der Waals surface area contributed by atoms with Gasteiger partial charge in [0.25, 0.3) is 0 Å². The second-order valence-electron chi connectivity index (χ2n) is 4.73. The molecule has 1 rings (SSSR count). The molecule has 0 heterocycles. The molecule has 0 nitrogen and oxygen atoms in total. The Morgan fingerprint density at radius 1 is 1.07 bits per heavy atom. The molecule has 0 bridgehead atoms. The summed E-state index contributed by atoms with van der Waals surface area (Å²) >= 11 is 0. The molecule has 76 valence electrons. The van der Waals surface area contributed by atoms with Gasteiger partial charge in [0.05, 0.1) is 0 Å². The maximum Gasteiger partial charge on any atom is 0.129 e. The summed E-state index contributed by atoms with van der Waals surface area (Å²) in [5.41, 5.74) is 6.45. The summed E-state index contributed by atoms with van der Waals surface area (Å²) in [6.45, 7) is 8.74. The van der Waals surface area contributed by atoms with E-state index in [0.29, 0.717) is 0 Å². The van der Waals surface area contributed by atoms with Crippen LogP contribution in [-0.4, -0.2) is 8.07 Å². The highest BCUT2D eigenvalue weighted by molar-refractivity contribution is 6.83. The van der Waals surface area contributed by atoms with E-state index in [1.807, 2.05) is 19.1 Å². The molecule has 0 fully saturated rings. The minimum atomic E-state index is -1.30. The van der Waals surface area contributed by atoms with Crippen LogP contribution in [0.5, 0.6) is 0 Å². The van der Waals surface area contributed by atoms with E-state index in [9.17, 15) is 0 Å². The van der Waals surface area contributed by atoms with Crippen molar-refractivity contribution in [1.82, 2.24) is 0 Å². The summed E-state index contributed by atoms with van der Waals surface area (Å²) in [5.74, 6) is 5.87. The van der Waals surface area contributed by atoms with E-state index in [2.05, 4.69) is 43.1 Å². The maximum absolute atomic E-state index is 5.38. The summed E-state index contributed by atoms with van der Waals surface area (Å²) in [5, 5.41) is 0. The fourth-order valence-corrected chi connectivity index (χ4v) is 1.72. The van der Waals surface area contributed by atoms with Gasteiger partial charge in [-0.15, -0.1) is 12.0 Å². The fourth-order valence-electron chi connectivity index (χ4n) is 1.20. The molecule has 0 saturated heterocycles. The second kappa shape index (κ2) is 4.38. The Balaban J connectivity index is 3.11. The van der Waals surface area contributed by atoms with Crippen molar-refractivity contribution < 1.29 is 0 Å². The van der Waals surface area contributed by atoms with Gasteiger partial charge in [-0.3, -0.25) is 0 Å². The second-order valence-corrected chi connectivity index (χ2v) is 9.48. The van der Waals surface area contributed by atoms with Crippen molar-refractivity contribution in [3.63, 3.8) is 0 Å². The predicted molar refractivity (Wildman–Crippen MR) is 69.3 cm³/mol. The zero-order valence-electron chi connectivity index (χ0n) is 9.81. The summed E-state index contributed by atoms with van der Waals surface area (Å²) in [7, 11) is -1.30. The van der Waals surface area contributed by atoms with Crippen molar-refractivity contribution in [3.05, 3.63) is 34.9 Å². The minimum absolute atomic E-state index is 0.912. The van der Waals surface area contributed by atoms with Gasteiger partial charge in [0, 0.05) is 11.1 Å². The van der Waals surface area contributed by atoms with E-state index < -0.39 is 8.07 Å². The zero-order chi connectivity index (χ0) is 11.5. The number of hydrogen-bond acceptors (Lipinski definition) is 0. The molecule has 1 aromatic carbocycles. The molecule has 0 N–H and O–H groups in total. The third-order valence-corrected chi connectivity index (χ3v) is 2.70. The van der Waals surface area contributed by atoms with Crippen molar-refractivity contribution in [1.29, 1.82) is 0 Å². The average molecular weight is 212 g/mol. The van der Waals surface area contributed by atoms with Crippen LogP contribution in [0.2, 0.25) is 19.6 Å². The van der Waals surface area contributed by atoms with Crippen LogP contribution in [0.1, 0.15) is 16.7 Å². The van der Waals surface area contributed by atoms with Crippen molar-refractivity contribution in [2.24, 2.45) is 0 Å². The van der Waals surface area contributed by atoms with Gasteiger partial charge < -0.3 is 0 Å². The van der Waals surface area contributed by atoms with Crippen molar-refractivity contribution >= 4 is 8.07 Å². The molecule has 0 atom stereocenters. The molecule has 0 aliphatic carbocycles. The van der Waals surface area contributed by atoms with Crippen molar-refractivity contribution in [3.8, 4) is 23.8 Å². The van der Waals surface area contributed by atoms with E-state index >= 15 is 0 Å². The Morgan fingerprint density at radius 3 is 2.20 bits per heavy atom. The van der Waals surface area contributed by atoms with E-state index in [4.69, 9.17) is 6.42 Å². The number of aryl methyl sites for hydroxylation is 1. The molecule has 15 heavy (non-hydrogen) atoms. The molecular formula is C14H16Si. The Kier molecular flexibility index (Phi) is 3.40. The van der Waals surface area contributed by atoms with Gasteiger partial charge in [-0.05, 0) is 30.7 Å². The minimum Gasteiger partial charge on any atom is -0.127 e. The first-order valence-electron chi connectivity index (χ1n) is 5.02. The van der Waals surface area contributed by atoms with Crippen LogP contribution in [0.15, 0.2) is 18.2 Å². The van der Waals surface area contributed by atoms with E-state index in [0.717, 1.165) is 11.1 Å². The lowest BCUT2D eigenvalue weighted by Crippen LogP contribution is -2.16. The monoisotopic (exact) mass is 212 g/mol. The predicted octanol–water partition coefficient (Wildman–Crippen LogP) is 3.21. The number of rotatable bonds is 0. The molecule has 0 unspecified atom stereocenters. The molecule has 0 spiro atoms. The number of terminal acetylenes is 1. The van der Waals surface area contributed by atoms with E-state index in [-0.39, 0.29) is 0 Å². The standard InChI is InChI=1S/C14H16Si/c1-6-13-9-12(2)10-14(11-13)7-8-15(3,4)5/h1,9-11H,2-5H3. The Bertz CT molecular complexity index is 459. The molecule has 1 aromatic rings. The highest BCUT2D eigenvalue weighted by Gasteiger charge is 2.07. The lowest BCUT2D eigenvalue weighted by atomic mass is 10.1. The van der Waals surface area contributed by atoms with Gasteiger partial charge in [-0.2, -0.15) is 0 Å². The molecule has 0 aliphatic rings. The van der Waals surface area contributed by atoms with Gasteiger partial charge in [0.15, 0.2) is 0 Å².